The summed E-state index contributed by atoms with van der Waals surface area (Å²) in [6, 6.07) is 6.88. The largest absolute Gasteiger partial charge is 0.289 e. The highest BCUT2D eigenvalue weighted by atomic mass is 16.2. The van der Waals surface area contributed by atoms with Crippen molar-refractivity contribution in [1.29, 1.82) is 0 Å². The standard InChI is InChI=1S/C12H13N5O2/c1-15-13-8-14-17(15)7-6-16-11(18)9-4-2-3-5-10(9)12(16)19/h2-5,8H,6-7H2,1H3,(H,13,14). The highest BCUT2D eigenvalue weighted by molar-refractivity contribution is 6.21. The predicted octanol–water partition coefficient (Wildman–Crippen LogP) is -0.107. The fourth-order valence-corrected chi connectivity index (χ4v) is 2.16. The molecule has 0 fully saturated rings. The molecule has 0 saturated carbocycles. The molecule has 98 valence electrons. The van der Waals surface area contributed by atoms with Gasteiger partial charge >= 0.3 is 0 Å². The second kappa shape index (κ2) is 4.36. The van der Waals surface area contributed by atoms with Gasteiger partial charge in [-0.3, -0.25) is 19.9 Å². The first-order valence-electron chi connectivity index (χ1n) is 5.93. The van der Waals surface area contributed by atoms with Gasteiger partial charge in [-0.15, -0.1) is 10.2 Å². The number of carbonyl (C=O) groups is 2. The van der Waals surface area contributed by atoms with Crippen molar-refractivity contribution in [1.82, 2.24) is 20.6 Å². The lowest BCUT2D eigenvalue weighted by Crippen LogP contribution is -2.43. The molecular formula is C12H13N5O2. The van der Waals surface area contributed by atoms with Crippen LogP contribution in [0.2, 0.25) is 0 Å². The number of hydrogen-bond acceptors (Lipinski definition) is 6. The maximum absolute atomic E-state index is 12.1. The molecule has 0 saturated heterocycles. The molecule has 19 heavy (non-hydrogen) atoms. The van der Waals surface area contributed by atoms with Gasteiger partial charge in [-0.2, -0.15) is 0 Å². The van der Waals surface area contributed by atoms with Crippen molar-refractivity contribution in [3.63, 3.8) is 0 Å². The van der Waals surface area contributed by atoms with Gasteiger partial charge in [0.25, 0.3) is 11.8 Å². The molecule has 1 aromatic rings. The average Bonchev–Trinajstić information content (AvgIpc) is 2.93. The zero-order valence-electron chi connectivity index (χ0n) is 10.4. The van der Waals surface area contributed by atoms with Gasteiger partial charge in [-0.05, 0) is 12.1 Å². The average molecular weight is 259 g/mol. The number of rotatable bonds is 3. The Morgan fingerprint density at radius 3 is 2.26 bits per heavy atom. The summed E-state index contributed by atoms with van der Waals surface area (Å²) in [4.78, 5) is 25.5. The maximum atomic E-state index is 12.1. The van der Waals surface area contributed by atoms with Gasteiger partial charge in [-0.1, -0.05) is 12.1 Å². The highest BCUT2D eigenvalue weighted by Gasteiger charge is 2.35. The Balaban J connectivity index is 1.72. The lowest BCUT2D eigenvalue weighted by atomic mass is 10.1. The first-order chi connectivity index (χ1) is 9.18. The van der Waals surface area contributed by atoms with E-state index in [0.29, 0.717) is 24.2 Å². The number of imide groups is 1. The van der Waals surface area contributed by atoms with Crippen molar-refractivity contribution >= 4 is 18.2 Å². The number of hydrazine groups is 2. The minimum Gasteiger partial charge on any atom is -0.289 e. The van der Waals surface area contributed by atoms with E-state index in [4.69, 9.17) is 0 Å². The van der Waals surface area contributed by atoms with Crippen molar-refractivity contribution in [3.05, 3.63) is 35.4 Å². The van der Waals surface area contributed by atoms with Crippen molar-refractivity contribution in [2.24, 2.45) is 5.10 Å². The number of hydrogen-bond donors (Lipinski definition) is 1. The summed E-state index contributed by atoms with van der Waals surface area (Å²) in [5, 5.41) is 7.37. The van der Waals surface area contributed by atoms with E-state index in [-0.39, 0.29) is 11.8 Å². The van der Waals surface area contributed by atoms with Gasteiger partial charge in [0.2, 0.25) is 0 Å². The van der Waals surface area contributed by atoms with Crippen LogP contribution < -0.4 is 5.43 Å². The van der Waals surface area contributed by atoms with Gasteiger partial charge in [0.05, 0.1) is 24.2 Å². The topological polar surface area (TPSA) is 68.2 Å². The van der Waals surface area contributed by atoms with E-state index < -0.39 is 0 Å². The van der Waals surface area contributed by atoms with E-state index in [2.05, 4.69) is 10.5 Å². The van der Waals surface area contributed by atoms with E-state index in [1.165, 1.54) is 4.90 Å². The Kier molecular flexibility index (Phi) is 2.68. The fraction of sp³-hybridized carbons (Fsp3) is 0.250. The maximum Gasteiger partial charge on any atom is 0.261 e. The van der Waals surface area contributed by atoms with Crippen LogP contribution >= 0.6 is 0 Å². The zero-order chi connectivity index (χ0) is 13.4. The third-order valence-electron chi connectivity index (χ3n) is 3.18. The highest BCUT2D eigenvalue weighted by Crippen LogP contribution is 2.22. The molecule has 0 aliphatic carbocycles. The van der Waals surface area contributed by atoms with Crippen LogP contribution in [-0.4, -0.2) is 53.4 Å². The molecule has 1 N–H and O–H groups in total. The first kappa shape index (κ1) is 11.7. The summed E-state index contributed by atoms with van der Waals surface area (Å²) in [6.07, 6.45) is 1.54. The second-order valence-electron chi connectivity index (χ2n) is 4.30. The minimum absolute atomic E-state index is 0.237. The van der Waals surface area contributed by atoms with Crippen molar-refractivity contribution in [2.75, 3.05) is 20.1 Å². The Hall–Kier alpha value is -2.41. The lowest BCUT2D eigenvalue weighted by Gasteiger charge is -2.24. The fourth-order valence-electron chi connectivity index (χ4n) is 2.16. The third kappa shape index (κ3) is 1.84. The quantitative estimate of drug-likeness (QED) is 0.767. The molecule has 0 spiro atoms. The normalized spacial score (nSPS) is 18.2. The number of benzene rings is 1. The van der Waals surface area contributed by atoms with Gasteiger partial charge in [0.1, 0.15) is 6.34 Å². The molecule has 1 aromatic carbocycles. The molecular weight excluding hydrogens is 246 g/mol. The number of amides is 2. The van der Waals surface area contributed by atoms with Crippen LogP contribution in [0.25, 0.3) is 0 Å². The van der Waals surface area contributed by atoms with Crippen molar-refractivity contribution in [3.8, 4) is 0 Å². The van der Waals surface area contributed by atoms with E-state index in [0.717, 1.165) is 0 Å². The van der Waals surface area contributed by atoms with Crippen LogP contribution in [0.5, 0.6) is 0 Å². The number of nitrogens with one attached hydrogen (secondary N) is 1. The Labute approximate surface area is 110 Å². The molecule has 2 heterocycles. The van der Waals surface area contributed by atoms with E-state index in [1.807, 2.05) is 0 Å². The van der Waals surface area contributed by atoms with Gasteiger partial charge < -0.3 is 0 Å². The van der Waals surface area contributed by atoms with E-state index in [9.17, 15) is 9.59 Å². The summed E-state index contributed by atoms with van der Waals surface area (Å²) in [5.41, 5.74) is 3.82. The van der Waals surface area contributed by atoms with Gasteiger partial charge in [0, 0.05) is 7.05 Å². The third-order valence-corrected chi connectivity index (χ3v) is 3.18. The van der Waals surface area contributed by atoms with Crippen LogP contribution in [-0.2, 0) is 0 Å². The summed E-state index contributed by atoms with van der Waals surface area (Å²) in [5.74, 6) is -0.473. The molecule has 7 nitrogen and oxygen atoms in total. The predicted molar refractivity (Wildman–Crippen MR) is 67.9 cm³/mol. The summed E-state index contributed by atoms with van der Waals surface area (Å²) in [6.45, 7) is 0.751. The molecule has 0 atom stereocenters. The molecule has 0 radical (unpaired) electrons. The van der Waals surface area contributed by atoms with Crippen LogP contribution in [0.15, 0.2) is 29.4 Å². The smallest absolute Gasteiger partial charge is 0.261 e. The van der Waals surface area contributed by atoms with Crippen molar-refractivity contribution < 1.29 is 9.59 Å². The number of nitrogens with zero attached hydrogens (tertiary/aromatic N) is 4. The zero-order valence-corrected chi connectivity index (χ0v) is 10.4. The van der Waals surface area contributed by atoms with E-state index >= 15 is 0 Å². The second-order valence-corrected chi connectivity index (χ2v) is 4.30. The van der Waals surface area contributed by atoms with Crippen LogP contribution in [0, 0.1) is 0 Å². The Morgan fingerprint density at radius 2 is 1.74 bits per heavy atom. The van der Waals surface area contributed by atoms with Crippen molar-refractivity contribution in [2.45, 2.75) is 0 Å². The van der Waals surface area contributed by atoms with Crippen LogP contribution in [0.3, 0.4) is 0 Å². The SMILES string of the molecule is CN1NC=NN1CCN1C(=O)c2ccccc2C1=O. The number of fused-ring (bicyclic) bond motifs is 1. The van der Waals surface area contributed by atoms with Gasteiger partial charge in [0.15, 0.2) is 0 Å². The number of hydrazone groups is 1. The molecule has 0 aromatic heterocycles. The monoisotopic (exact) mass is 259 g/mol. The Morgan fingerprint density at radius 1 is 1.11 bits per heavy atom. The van der Waals surface area contributed by atoms with Gasteiger partial charge in [-0.25, -0.2) is 5.12 Å². The molecule has 0 unspecified atom stereocenters. The van der Waals surface area contributed by atoms with E-state index in [1.54, 1.807) is 47.9 Å². The summed E-state index contributed by atoms with van der Waals surface area (Å²) in [7, 11) is 1.80. The minimum atomic E-state index is -0.237. The molecule has 0 bridgehead atoms. The van der Waals surface area contributed by atoms with Crippen LogP contribution in [0.4, 0.5) is 0 Å². The first-order valence-corrected chi connectivity index (χ1v) is 5.93. The lowest BCUT2D eigenvalue weighted by molar-refractivity contribution is -0.00538. The summed E-state index contributed by atoms with van der Waals surface area (Å²) >= 11 is 0. The molecule has 7 heteroatoms. The molecule has 2 aliphatic rings. The van der Waals surface area contributed by atoms with Crippen LogP contribution in [0.1, 0.15) is 20.7 Å². The summed E-state index contributed by atoms with van der Waals surface area (Å²) < 4.78 is 0. The molecule has 3 rings (SSSR count). The Bertz CT molecular complexity index is 536. The number of carbonyl (C=O) groups excluding carboxylic acids is 2. The molecule has 2 amide bonds. The molecule has 2 aliphatic heterocycles.